The standard InChI is InChI=1S/C20H40N2O2/c1-15(2)22(16-11-17(12-16)24-20(6,7)8)14-18-13-21(9-10-23-18)19(3,4)5/h15-18H,9-14H2,1-8H3/t16?,17?,18-/m1/s1. The van der Waals surface area contributed by atoms with Crippen LogP contribution in [0.15, 0.2) is 0 Å². The molecule has 4 heteroatoms. The zero-order valence-electron chi connectivity index (χ0n) is 17.3. The maximum atomic E-state index is 6.12. The van der Waals surface area contributed by atoms with Crippen LogP contribution >= 0.6 is 0 Å². The fraction of sp³-hybridized carbons (Fsp3) is 1.00. The van der Waals surface area contributed by atoms with Crippen LogP contribution in [0.3, 0.4) is 0 Å². The molecule has 0 aromatic heterocycles. The van der Waals surface area contributed by atoms with Crippen LogP contribution in [0.25, 0.3) is 0 Å². The van der Waals surface area contributed by atoms with Crippen molar-refractivity contribution in [3.8, 4) is 0 Å². The van der Waals surface area contributed by atoms with Crippen molar-refractivity contribution in [3.05, 3.63) is 0 Å². The summed E-state index contributed by atoms with van der Waals surface area (Å²) in [6.45, 7) is 22.0. The minimum absolute atomic E-state index is 0.0298. The molecule has 0 amide bonds. The lowest BCUT2D eigenvalue weighted by Gasteiger charge is -2.49. The van der Waals surface area contributed by atoms with Crippen LogP contribution in [0, 0.1) is 0 Å². The van der Waals surface area contributed by atoms with Gasteiger partial charge in [0.15, 0.2) is 0 Å². The first-order valence-corrected chi connectivity index (χ1v) is 9.76. The van der Waals surface area contributed by atoms with Crippen LogP contribution in [0.4, 0.5) is 0 Å². The molecule has 0 spiro atoms. The van der Waals surface area contributed by atoms with E-state index in [1.54, 1.807) is 0 Å². The molecule has 1 atom stereocenters. The Morgan fingerprint density at radius 3 is 2.25 bits per heavy atom. The van der Waals surface area contributed by atoms with E-state index in [0.29, 0.717) is 24.3 Å². The first kappa shape index (κ1) is 20.2. The first-order chi connectivity index (χ1) is 11.0. The zero-order chi connectivity index (χ0) is 18.1. The first-order valence-electron chi connectivity index (χ1n) is 9.76. The number of rotatable bonds is 5. The van der Waals surface area contributed by atoms with Gasteiger partial charge in [0.05, 0.1) is 24.4 Å². The lowest BCUT2D eigenvalue weighted by atomic mass is 9.86. The maximum Gasteiger partial charge on any atom is 0.0829 e. The van der Waals surface area contributed by atoms with Crippen LogP contribution in [-0.2, 0) is 9.47 Å². The molecule has 24 heavy (non-hydrogen) atoms. The smallest absolute Gasteiger partial charge is 0.0829 e. The molecule has 1 aliphatic heterocycles. The molecule has 0 aromatic rings. The summed E-state index contributed by atoms with van der Waals surface area (Å²) in [6.07, 6.45) is 3.06. The van der Waals surface area contributed by atoms with E-state index >= 15 is 0 Å². The van der Waals surface area contributed by atoms with Crippen molar-refractivity contribution in [2.75, 3.05) is 26.2 Å². The van der Waals surface area contributed by atoms with E-state index in [0.717, 1.165) is 39.1 Å². The van der Waals surface area contributed by atoms with Gasteiger partial charge in [-0.2, -0.15) is 0 Å². The van der Waals surface area contributed by atoms with Gasteiger partial charge in [-0.1, -0.05) is 0 Å². The van der Waals surface area contributed by atoms with E-state index in [4.69, 9.17) is 9.47 Å². The summed E-state index contributed by atoms with van der Waals surface area (Å²) in [6, 6.07) is 1.20. The molecule has 2 aliphatic rings. The summed E-state index contributed by atoms with van der Waals surface area (Å²) in [4.78, 5) is 5.20. The van der Waals surface area contributed by atoms with Gasteiger partial charge in [0.2, 0.25) is 0 Å². The second-order valence-electron chi connectivity index (χ2n) is 9.88. The monoisotopic (exact) mass is 340 g/mol. The van der Waals surface area contributed by atoms with Gasteiger partial charge in [-0.3, -0.25) is 9.80 Å². The number of ether oxygens (including phenoxy) is 2. The van der Waals surface area contributed by atoms with Crippen LogP contribution in [0.1, 0.15) is 68.2 Å². The highest BCUT2D eigenvalue weighted by atomic mass is 16.5. The molecule has 1 aliphatic carbocycles. The summed E-state index contributed by atoms with van der Waals surface area (Å²) < 4.78 is 12.2. The molecule has 2 fully saturated rings. The highest BCUT2D eigenvalue weighted by Gasteiger charge is 2.39. The minimum Gasteiger partial charge on any atom is -0.374 e. The minimum atomic E-state index is -0.0298. The summed E-state index contributed by atoms with van der Waals surface area (Å²) in [5, 5.41) is 0. The third kappa shape index (κ3) is 5.69. The van der Waals surface area contributed by atoms with E-state index in [-0.39, 0.29) is 11.1 Å². The highest BCUT2D eigenvalue weighted by molar-refractivity contribution is 4.93. The summed E-state index contributed by atoms with van der Waals surface area (Å²) >= 11 is 0. The topological polar surface area (TPSA) is 24.9 Å². The van der Waals surface area contributed by atoms with Crippen molar-refractivity contribution in [3.63, 3.8) is 0 Å². The largest absolute Gasteiger partial charge is 0.374 e. The molecule has 4 nitrogen and oxygen atoms in total. The maximum absolute atomic E-state index is 6.12. The number of hydrogen-bond donors (Lipinski definition) is 0. The lowest BCUT2D eigenvalue weighted by molar-refractivity contribution is -0.134. The molecule has 0 radical (unpaired) electrons. The normalized spacial score (nSPS) is 30.0. The van der Waals surface area contributed by atoms with Gasteiger partial charge >= 0.3 is 0 Å². The van der Waals surface area contributed by atoms with E-state index in [2.05, 4.69) is 65.2 Å². The van der Waals surface area contributed by atoms with E-state index in [1.807, 2.05) is 0 Å². The van der Waals surface area contributed by atoms with Crippen molar-refractivity contribution in [1.29, 1.82) is 0 Å². The van der Waals surface area contributed by atoms with Crippen molar-refractivity contribution in [2.45, 2.75) is 104 Å². The molecule has 1 saturated heterocycles. The number of nitrogens with zero attached hydrogens (tertiary/aromatic N) is 2. The Morgan fingerprint density at radius 1 is 1.12 bits per heavy atom. The Labute approximate surface area is 149 Å². The Balaban J connectivity index is 1.86. The Morgan fingerprint density at radius 2 is 1.75 bits per heavy atom. The second kappa shape index (κ2) is 7.61. The number of hydrogen-bond acceptors (Lipinski definition) is 4. The second-order valence-corrected chi connectivity index (χ2v) is 9.88. The van der Waals surface area contributed by atoms with Crippen molar-refractivity contribution < 1.29 is 9.47 Å². The molecule has 0 bridgehead atoms. The quantitative estimate of drug-likeness (QED) is 0.764. The van der Waals surface area contributed by atoms with Gasteiger partial charge < -0.3 is 9.47 Å². The third-order valence-electron chi connectivity index (χ3n) is 5.22. The van der Waals surface area contributed by atoms with Crippen molar-refractivity contribution in [2.24, 2.45) is 0 Å². The fourth-order valence-electron chi connectivity index (χ4n) is 3.86. The van der Waals surface area contributed by atoms with Crippen LogP contribution in [0.5, 0.6) is 0 Å². The lowest BCUT2D eigenvalue weighted by Crippen LogP contribution is -2.58. The molecular formula is C20H40N2O2. The van der Waals surface area contributed by atoms with E-state index in [9.17, 15) is 0 Å². The Hall–Kier alpha value is -0.160. The third-order valence-corrected chi connectivity index (χ3v) is 5.22. The van der Waals surface area contributed by atoms with Crippen molar-refractivity contribution in [1.82, 2.24) is 9.80 Å². The molecule has 1 heterocycles. The summed E-state index contributed by atoms with van der Waals surface area (Å²) in [5.41, 5.74) is 0.199. The molecule has 0 unspecified atom stereocenters. The van der Waals surface area contributed by atoms with Gasteiger partial charge in [-0.15, -0.1) is 0 Å². The van der Waals surface area contributed by atoms with Crippen LogP contribution in [-0.4, -0.2) is 71.5 Å². The Bertz CT molecular complexity index is 391. The van der Waals surface area contributed by atoms with Gasteiger partial charge in [-0.05, 0) is 68.2 Å². The van der Waals surface area contributed by atoms with Crippen LogP contribution < -0.4 is 0 Å². The molecule has 0 N–H and O–H groups in total. The predicted molar refractivity (Wildman–Crippen MR) is 101 cm³/mol. The number of morpholine rings is 1. The molecule has 142 valence electrons. The average Bonchev–Trinajstić information content (AvgIpc) is 2.38. The molecule has 0 aromatic carbocycles. The SMILES string of the molecule is CC(C)N(C[C@H]1CN(C(C)(C)C)CCO1)C1CC(OC(C)(C)C)C1. The Kier molecular flexibility index (Phi) is 6.39. The van der Waals surface area contributed by atoms with Gasteiger partial charge in [-0.25, -0.2) is 0 Å². The molecule has 1 saturated carbocycles. The predicted octanol–water partition coefficient (Wildman–Crippen LogP) is 3.54. The fourth-order valence-corrected chi connectivity index (χ4v) is 3.86. The summed E-state index contributed by atoms with van der Waals surface area (Å²) in [5.74, 6) is 0. The average molecular weight is 341 g/mol. The van der Waals surface area contributed by atoms with Gasteiger partial charge in [0, 0.05) is 37.3 Å². The van der Waals surface area contributed by atoms with Gasteiger partial charge in [0.1, 0.15) is 0 Å². The molecule has 2 rings (SSSR count). The van der Waals surface area contributed by atoms with Crippen molar-refractivity contribution >= 4 is 0 Å². The summed E-state index contributed by atoms with van der Waals surface area (Å²) in [7, 11) is 0. The van der Waals surface area contributed by atoms with Gasteiger partial charge in [0.25, 0.3) is 0 Å². The zero-order valence-corrected chi connectivity index (χ0v) is 17.3. The van der Waals surface area contributed by atoms with Crippen LogP contribution in [0.2, 0.25) is 0 Å². The molecular weight excluding hydrogens is 300 g/mol. The van der Waals surface area contributed by atoms with E-state index < -0.39 is 0 Å². The highest BCUT2D eigenvalue weighted by Crippen LogP contribution is 2.33. The van der Waals surface area contributed by atoms with E-state index in [1.165, 1.54) is 0 Å².